The number of aliphatic hydroxyl groups is 1. The van der Waals surface area contributed by atoms with Gasteiger partial charge in [-0.3, -0.25) is 4.79 Å². The molecule has 2 heterocycles. The van der Waals surface area contributed by atoms with E-state index in [1.54, 1.807) is 22.6 Å². The number of carbonyl (C=O) groups excluding carboxylic acids is 1. The first kappa shape index (κ1) is 23.7. The van der Waals surface area contributed by atoms with Crippen LogP contribution in [0.5, 0.6) is 0 Å². The van der Waals surface area contributed by atoms with Crippen LogP contribution in [0.3, 0.4) is 0 Å². The normalized spacial score (nSPS) is 25.9. The molecule has 2 aliphatic carbocycles. The van der Waals surface area contributed by atoms with Gasteiger partial charge in [0, 0.05) is 24.7 Å². The van der Waals surface area contributed by atoms with E-state index in [4.69, 9.17) is 17.3 Å². The fraction of sp³-hybridized carbons (Fsp3) is 0.500. The molecular weight excluding hydrogens is 473 g/mol. The van der Waals surface area contributed by atoms with E-state index in [0.717, 1.165) is 18.5 Å². The van der Waals surface area contributed by atoms with Crippen molar-refractivity contribution in [3.8, 4) is 0 Å². The maximum atomic E-state index is 13.5. The van der Waals surface area contributed by atoms with Gasteiger partial charge in [0.1, 0.15) is 17.1 Å². The molecule has 2 saturated carbocycles. The molecule has 1 aromatic carbocycles. The zero-order chi connectivity index (χ0) is 25.1. The molecule has 9 nitrogen and oxygen atoms in total. The second-order valence-corrected chi connectivity index (χ2v) is 10.5. The number of nitrogens with two attached hydrogens (primary N) is 1. The molecule has 2 aromatic heterocycles. The Balaban J connectivity index is 1.33. The van der Waals surface area contributed by atoms with E-state index in [0.29, 0.717) is 30.0 Å². The first-order valence-corrected chi connectivity index (χ1v) is 12.2. The topological polar surface area (TPSA) is 124 Å². The summed E-state index contributed by atoms with van der Waals surface area (Å²) in [5.74, 6) is 0.487. The first-order valence-electron chi connectivity index (χ1n) is 11.8. The Morgan fingerprint density at radius 2 is 2.00 bits per heavy atom. The number of aromatic nitrogens is 5. The smallest absolute Gasteiger partial charge is 0.274 e. The number of anilines is 2. The third-order valence-electron chi connectivity index (χ3n) is 7.34. The van der Waals surface area contributed by atoms with Gasteiger partial charge in [-0.05, 0) is 69.6 Å². The molecule has 4 N–H and O–H groups in total. The summed E-state index contributed by atoms with van der Waals surface area (Å²) in [5, 5.41) is 18.5. The lowest BCUT2D eigenvalue weighted by Crippen LogP contribution is -2.29. The minimum atomic E-state index is -1.07. The van der Waals surface area contributed by atoms with Crippen molar-refractivity contribution in [2.24, 2.45) is 18.9 Å². The summed E-state index contributed by atoms with van der Waals surface area (Å²) in [6, 6.07) is 4.11. The van der Waals surface area contributed by atoms with Crippen molar-refractivity contribution >= 4 is 29.1 Å². The predicted molar refractivity (Wildman–Crippen MR) is 129 cm³/mol. The molecule has 35 heavy (non-hydrogen) atoms. The lowest BCUT2D eigenvalue weighted by Gasteiger charge is -2.25. The molecule has 2 unspecified atom stereocenters. The SMILES string of the molecule is CC(C)n1nc(N)nc1C1(O)CC2CC(c3ncn(C)c3C(=O)Nc3ccc(F)c(Cl)c3)CC2C1. The number of rotatable bonds is 5. The van der Waals surface area contributed by atoms with E-state index in [9.17, 15) is 14.3 Å². The Hall–Kier alpha value is -2.98. The van der Waals surface area contributed by atoms with Crippen LogP contribution in [0.25, 0.3) is 0 Å². The number of aryl methyl sites for hydroxylation is 1. The van der Waals surface area contributed by atoms with Crippen molar-refractivity contribution < 1.29 is 14.3 Å². The van der Waals surface area contributed by atoms with Crippen molar-refractivity contribution in [2.75, 3.05) is 11.1 Å². The zero-order valence-corrected chi connectivity index (χ0v) is 20.6. The Labute approximate surface area is 207 Å². The van der Waals surface area contributed by atoms with E-state index in [2.05, 4.69) is 20.4 Å². The summed E-state index contributed by atoms with van der Waals surface area (Å²) >= 11 is 5.86. The maximum Gasteiger partial charge on any atom is 0.274 e. The highest BCUT2D eigenvalue weighted by molar-refractivity contribution is 6.31. The average Bonchev–Trinajstić information content (AvgIpc) is 3.52. The van der Waals surface area contributed by atoms with Crippen LogP contribution in [0.2, 0.25) is 5.02 Å². The molecule has 2 aliphatic rings. The van der Waals surface area contributed by atoms with Gasteiger partial charge >= 0.3 is 0 Å². The first-order chi connectivity index (χ1) is 16.6. The van der Waals surface area contributed by atoms with Gasteiger partial charge in [-0.25, -0.2) is 14.1 Å². The number of benzene rings is 1. The van der Waals surface area contributed by atoms with Crippen LogP contribution >= 0.6 is 11.6 Å². The van der Waals surface area contributed by atoms with E-state index < -0.39 is 11.4 Å². The molecule has 3 aromatic rings. The molecule has 2 fully saturated rings. The Morgan fingerprint density at radius 1 is 1.31 bits per heavy atom. The van der Waals surface area contributed by atoms with Crippen molar-refractivity contribution in [3.63, 3.8) is 0 Å². The third kappa shape index (κ3) is 4.18. The summed E-state index contributed by atoms with van der Waals surface area (Å²) in [6.45, 7) is 3.97. The number of nitrogens with zero attached hydrogens (tertiary/aromatic N) is 5. The molecule has 2 atom stereocenters. The van der Waals surface area contributed by atoms with Gasteiger partial charge in [0.2, 0.25) is 5.95 Å². The fourth-order valence-corrected chi connectivity index (χ4v) is 6.05. The quantitative estimate of drug-likeness (QED) is 0.485. The minimum Gasteiger partial charge on any atom is -0.382 e. The van der Waals surface area contributed by atoms with Crippen LogP contribution < -0.4 is 11.1 Å². The van der Waals surface area contributed by atoms with Crippen molar-refractivity contribution in [2.45, 2.75) is 57.1 Å². The van der Waals surface area contributed by atoms with Gasteiger partial charge in [-0.1, -0.05) is 11.6 Å². The summed E-state index contributed by atoms with van der Waals surface area (Å²) in [5.41, 5.74) is 6.40. The number of fused-ring (bicyclic) bond motifs is 1. The number of carbonyl (C=O) groups is 1. The Morgan fingerprint density at radius 3 is 2.63 bits per heavy atom. The van der Waals surface area contributed by atoms with Crippen molar-refractivity contribution in [1.29, 1.82) is 0 Å². The van der Waals surface area contributed by atoms with E-state index in [-0.39, 0.29) is 40.7 Å². The Bertz CT molecular complexity index is 1270. The fourth-order valence-electron chi connectivity index (χ4n) is 5.87. The molecule has 0 aliphatic heterocycles. The van der Waals surface area contributed by atoms with Gasteiger partial charge in [-0.2, -0.15) is 4.98 Å². The van der Waals surface area contributed by atoms with Crippen LogP contribution in [0.1, 0.15) is 73.5 Å². The Kier molecular flexibility index (Phi) is 5.83. The molecule has 0 spiro atoms. The number of halogens is 2. The molecule has 11 heteroatoms. The minimum absolute atomic E-state index is 0.0394. The van der Waals surface area contributed by atoms with Crippen LogP contribution in [0, 0.1) is 17.7 Å². The molecule has 0 bridgehead atoms. The zero-order valence-electron chi connectivity index (χ0n) is 19.9. The molecular formula is C24H29ClFN7O2. The molecule has 186 valence electrons. The molecule has 5 rings (SSSR count). The highest BCUT2D eigenvalue weighted by Crippen LogP contribution is 2.56. The van der Waals surface area contributed by atoms with Gasteiger partial charge < -0.3 is 20.7 Å². The molecule has 0 radical (unpaired) electrons. The molecule has 0 saturated heterocycles. The third-order valence-corrected chi connectivity index (χ3v) is 7.63. The average molecular weight is 502 g/mol. The number of imidazole rings is 1. The van der Waals surface area contributed by atoms with Gasteiger partial charge in [0.15, 0.2) is 5.82 Å². The van der Waals surface area contributed by atoms with Gasteiger partial charge in [-0.15, -0.1) is 5.10 Å². The van der Waals surface area contributed by atoms with Gasteiger partial charge in [0.05, 0.1) is 17.0 Å². The van der Waals surface area contributed by atoms with Crippen LogP contribution in [0.4, 0.5) is 16.0 Å². The number of nitrogens with one attached hydrogen (secondary N) is 1. The van der Waals surface area contributed by atoms with Crippen molar-refractivity contribution in [1.82, 2.24) is 24.3 Å². The summed E-state index contributed by atoms with van der Waals surface area (Å²) < 4.78 is 16.9. The number of hydrogen-bond donors (Lipinski definition) is 3. The molecule has 1 amide bonds. The second kappa shape index (κ2) is 8.60. The highest BCUT2D eigenvalue weighted by Gasteiger charge is 2.52. The highest BCUT2D eigenvalue weighted by atomic mass is 35.5. The second-order valence-electron chi connectivity index (χ2n) is 10.1. The van der Waals surface area contributed by atoms with Crippen LogP contribution in [-0.4, -0.2) is 35.3 Å². The van der Waals surface area contributed by atoms with E-state index in [1.165, 1.54) is 18.2 Å². The van der Waals surface area contributed by atoms with Crippen LogP contribution in [-0.2, 0) is 12.6 Å². The van der Waals surface area contributed by atoms with Crippen LogP contribution in [0.15, 0.2) is 24.5 Å². The maximum absolute atomic E-state index is 13.5. The van der Waals surface area contributed by atoms with E-state index in [1.807, 2.05) is 13.8 Å². The standard InChI is InChI=1S/C24H29ClFN7O2/c1-12(2)33-22(30-23(27)31-33)24(35)9-14-6-13(7-15(14)10-24)19-20(32(3)11-28-19)21(34)29-16-4-5-18(26)17(25)8-16/h4-5,8,11-15,35H,6-7,9-10H2,1-3H3,(H2,27,31)(H,29,34). The van der Waals surface area contributed by atoms with Crippen molar-refractivity contribution in [3.05, 3.63) is 52.6 Å². The van der Waals surface area contributed by atoms with Gasteiger partial charge in [0.25, 0.3) is 5.91 Å². The summed E-state index contributed by atoms with van der Waals surface area (Å²) in [6.07, 6.45) is 4.42. The number of nitrogen functional groups attached to an aromatic ring is 1. The monoisotopic (exact) mass is 501 g/mol. The lowest BCUT2D eigenvalue weighted by molar-refractivity contribution is 0.0197. The largest absolute Gasteiger partial charge is 0.382 e. The summed E-state index contributed by atoms with van der Waals surface area (Å²) in [4.78, 5) is 22.1. The predicted octanol–water partition coefficient (Wildman–Crippen LogP) is 4.01. The lowest BCUT2D eigenvalue weighted by atomic mass is 9.91. The van der Waals surface area contributed by atoms with E-state index >= 15 is 0 Å². The number of hydrogen-bond acceptors (Lipinski definition) is 6. The summed E-state index contributed by atoms with van der Waals surface area (Å²) in [7, 11) is 1.78. The number of amides is 1.